The average molecular weight is 542 g/mol. The molecule has 0 saturated carbocycles. The smallest absolute Gasteiger partial charge is 0.330 e. The molecule has 10 heteroatoms. The summed E-state index contributed by atoms with van der Waals surface area (Å²) in [6.45, 7) is 5.35. The molecule has 1 N–H and O–H groups in total. The zero-order valence-corrected chi connectivity index (χ0v) is 22.6. The Balaban J connectivity index is 1.83. The van der Waals surface area contributed by atoms with Gasteiger partial charge in [0, 0.05) is 43.5 Å². The van der Waals surface area contributed by atoms with Crippen molar-refractivity contribution in [2.24, 2.45) is 13.0 Å². The molecule has 3 rings (SSSR count). The van der Waals surface area contributed by atoms with Crippen LogP contribution in [0, 0.1) is 5.92 Å². The maximum atomic E-state index is 12.2. The first kappa shape index (κ1) is 28.6. The molecular formula is C28H32ClN3O6. The molecule has 9 nitrogen and oxygen atoms in total. The van der Waals surface area contributed by atoms with Gasteiger partial charge in [-0.2, -0.15) is 0 Å². The lowest BCUT2D eigenvalue weighted by atomic mass is 10.1. The number of carboxylic acids is 1. The van der Waals surface area contributed by atoms with Crippen molar-refractivity contribution in [2.75, 3.05) is 20.3 Å². The lowest BCUT2D eigenvalue weighted by Gasteiger charge is -2.30. The van der Waals surface area contributed by atoms with E-state index >= 15 is 0 Å². The predicted molar refractivity (Wildman–Crippen MR) is 147 cm³/mol. The van der Waals surface area contributed by atoms with Gasteiger partial charge in [0.05, 0.1) is 19.4 Å². The Morgan fingerprint density at radius 2 is 1.82 bits per heavy atom. The minimum Gasteiger partial charge on any atom is -0.493 e. The van der Waals surface area contributed by atoms with E-state index in [1.165, 1.54) is 30.0 Å². The largest absolute Gasteiger partial charge is 0.493 e. The Morgan fingerprint density at radius 3 is 2.45 bits per heavy atom. The van der Waals surface area contributed by atoms with Gasteiger partial charge in [0.2, 0.25) is 0 Å². The molecule has 0 aliphatic rings. The molecule has 0 radical (unpaired) electrons. The number of halogens is 1. The number of rotatable bonds is 12. The summed E-state index contributed by atoms with van der Waals surface area (Å²) in [6.07, 6.45) is 2.63. The van der Waals surface area contributed by atoms with E-state index in [2.05, 4.69) is 13.8 Å². The molecular weight excluding hydrogens is 510 g/mol. The maximum Gasteiger partial charge on any atom is 0.330 e. The van der Waals surface area contributed by atoms with E-state index in [0.717, 1.165) is 15.7 Å². The van der Waals surface area contributed by atoms with E-state index in [1.54, 1.807) is 37.4 Å². The number of benzene rings is 2. The summed E-state index contributed by atoms with van der Waals surface area (Å²) in [7, 11) is 3.10. The first-order valence-electron chi connectivity index (χ1n) is 12.1. The van der Waals surface area contributed by atoms with Crippen LogP contribution in [-0.4, -0.2) is 45.4 Å². The quantitative estimate of drug-likeness (QED) is 0.347. The molecule has 0 atom stereocenters. The zero-order chi connectivity index (χ0) is 27.8. The average Bonchev–Trinajstić information content (AvgIpc) is 2.87. The van der Waals surface area contributed by atoms with Crippen LogP contribution in [0.3, 0.4) is 0 Å². The normalized spacial score (nSPS) is 11.5. The Bertz CT molecular complexity index is 1410. The van der Waals surface area contributed by atoms with Gasteiger partial charge in [-0.25, -0.2) is 9.59 Å². The minimum atomic E-state index is -1.04. The van der Waals surface area contributed by atoms with Crippen molar-refractivity contribution in [1.29, 1.82) is 0 Å². The van der Waals surface area contributed by atoms with E-state index in [4.69, 9.17) is 21.1 Å². The van der Waals surface area contributed by atoms with Crippen LogP contribution in [0.5, 0.6) is 11.5 Å². The lowest BCUT2D eigenvalue weighted by Crippen LogP contribution is -2.39. The first-order chi connectivity index (χ1) is 18.1. The van der Waals surface area contributed by atoms with Crippen LogP contribution in [0.25, 0.3) is 5.70 Å². The summed E-state index contributed by atoms with van der Waals surface area (Å²) < 4.78 is 13.8. The van der Waals surface area contributed by atoms with Gasteiger partial charge >= 0.3 is 11.7 Å². The van der Waals surface area contributed by atoms with Gasteiger partial charge in [-0.1, -0.05) is 43.6 Å². The topological polar surface area (TPSA) is 103 Å². The van der Waals surface area contributed by atoms with Gasteiger partial charge < -0.3 is 24.0 Å². The SMILES string of the molecule is COc1cc(CN(CC(C)C)/C(=C/C(=O)O)c2ccc(Cl)cc2)ccc1OCCn1c(=O)ccn(C)c1=O. The molecule has 38 heavy (non-hydrogen) atoms. The molecule has 0 saturated heterocycles. The molecule has 1 heterocycles. The van der Waals surface area contributed by atoms with Gasteiger partial charge in [-0.15, -0.1) is 0 Å². The van der Waals surface area contributed by atoms with Gasteiger partial charge in [-0.05, 0) is 41.3 Å². The molecule has 0 aliphatic heterocycles. The van der Waals surface area contributed by atoms with Crippen molar-refractivity contribution in [1.82, 2.24) is 14.0 Å². The summed E-state index contributed by atoms with van der Waals surface area (Å²) in [5.41, 5.74) is 1.38. The highest BCUT2D eigenvalue weighted by Crippen LogP contribution is 2.30. The maximum absolute atomic E-state index is 12.2. The number of carbonyl (C=O) groups is 1. The van der Waals surface area contributed by atoms with Gasteiger partial charge in [-0.3, -0.25) is 9.36 Å². The van der Waals surface area contributed by atoms with Gasteiger partial charge in [0.25, 0.3) is 5.56 Å². The number of carboxylic acid groups (broad SMARTS) is 1. The van der Waals surface area contributed by atoms with Crippen LogP contribution >= 0.6 is 11.6 Å². The monoisotopic (exact) mass is 541 g/mol. The van der Waals surface area contributed by atoms with E-state index in [1.807, 2.05) is 17.0 Å². The highest BCUT2D eigenvalue weighted by molar-refractivity contribution is 6.30. The summed E-state index contributed by atoms with van der Waals surface area (Å²) in [6, 6.07) is 13.9. The Morgan fingerprint density at radius 1 is 1.11 bits per heavy atom. The molecule has 0 fully saturated rings. The number of aryl methyl sites for hydroxylation is 1. The van der Waals surface area contributed by atoms with Crippen LogP contribution in [0.2, 0.25) is 5.02 Å². The second-order valence-corrected chi connectivity index (χ2v) is 9.62. The molecule has 202 valence electrons. The van der Waals surface area contributed by atoms with Crippen LogP contribution in [0.4, 0.5) is 0 Å². The number of nitrogens with zero attached hydrogens (tertiary/aromatic N) is 3. The van der Waals surface area contributed by atoms with Crippen LogP contribution in [0.15, 0.2) is 70.4 Å². The molecule has 1 aromatic heterocycles. The predicted octanol–water partition coefficient (Wildman–Crippen LogP) is 3.87. The first-order valence-corrected chi connectivity index (χ1v) is 12.5. The second-order valence-electron chi connectivity index (χ2n) is 9.18. The molecule has 3 aromatic rings. The van der Waals surface area contributed by atoms with Crippen molar-refractivity contribution in [3.63, 3.8) is 0 Å². The molecule has 0 amide bonds. The Hall–Kier alpha value is -3.98. The van der Waals surface area contributed by atoms with E-state index in [9.17, 15) is 19.5 Å². The summed E-state index contributed by atoms with van der Waals surface area (Å²) in [4.78, 5) is 38.0. The summed E-state index contributed by atoms with van der Waals surface area (Å²) >= 11 is 6.05. The van der Waals surface area contributed by atoms with E-state index < -0.39 is 17.2 Å². The van der Waals surface area contributed by atoms with Crippen molar-refractivity contribution in [3.8, 4) is 11.5 Å². The number of ether oxygens (including phenoxy) is 2. The fourth-order valence-electron chi connectivity index (χ4n) is 4.00. The third-order valence-electron chi connectivity index (χ3n) is 5.74. The van der Waals surface area contributed by atoms with Gasteiger partial charge in [0.15, 0.2) is 11.5 Å². The molecule has 0 unspecified atom stereocenters. The molecule has 0 aliphatic carbocycles. The third-order valence-corrected chi connectivity index (χ3v) is 5.99. The van der Waals surface area contributed by atoms with Crippen LogP contribution in [-0.2, 0) is 24.9 Å². The standard InChI is InChI=1S/C28H32ClN3O6/c1-19(2)17-31(23(16-27(34)35)21-6-8-22(29)9-7-21)18-20-5-10-24(25(15-20)37-4)38-14-13-32-26(33)11-12-30(3)28(32)36/h5-12,15-16,19H,13-14,17-18H2,1-4H3,(H,34,35)/b23-16+. The fourth-order valence-corrected chi connectivity index (χ4v) is 4.13. The molecule has 2 aromatic carbocycles. The van der Waals surface area contributed by atoms with Crippen molar-refractivity contribution >= 4 is 23.3 Å². The zero-order valence-electron chi connectivity index (χ0n) is 21.9. The van der Waals surface area contributed by atoms with Gasteiger partial charge in [0.1, 0.15) is 6.61 Å². The van der Waals surface area contributed by atoms with Crippen LogP contribution < -0.4 is 20.7 Å². The van der Waals surface area contributed by atoms with Crippen molar-refractivity contribution in [3.05, 3.63) is 97.8 Å². The minimum absolute atomic E-state index is 0.0872. The number of aliphatic carboxylic acids is 1. The second kappa shape index (κ2) is 13.0. The fraction of sp³-hybridized carbons (Fsp3) is 0.321. The molecule has 0 spiro atoms. The molecule has 0 bridgehead atoms. The van der Waals surface area contributed by atoms with E-state index in [0.29, 0.717) is 35.3 Å². The summed E-state index contributed by atoms with van der Waals surface area (Å²) in [5.74, 6) is 0.164. The Kier molecular flexibility index (Phi) is 9.78. The number of aromatic nitrogens is 2. The highest BCUT2D eigenvalue weighted by atomic mass is 35.5. The van der Waals surface area contributed by atoms with Crippen molar-refractivity contribution in [2.45, 2.75) is 26.9 Å². The number of hydrogen-bond donors (Lipinski definition) is 1. The highest BCUT2D eigenvalue weighted by Gasteiger charge is 2.17. The number of methoxy groups -OCH3 is 1. The van der Waals surface area contributed by atoms with Crippen LogP contribution in [0.1, 0.15) is 25.0 Å². The summed E-state index contributed by atoms with van der Waals surface area (Å²) in [5, 5.41) is 10.1. The third kappa shape index (κ3) is 7.52. The van der Waals surface area contributed by atoms with E-state index in [-0.39, 0.29) is 19.1 Å². The Labute approximate surface area is 226 Å². The van der Waals surface area contributed by atoms with Crippen molar-refractivity contribution < 1.29 is 19.4 Å². The number of hydrogen-bond acceptors (Lipinski definition) is 6. The lowest BCUT2D eigenvalue weighted by molar-refractivity contribution is -0.131.